The first kappa shape index (κ1) is 13.3. The van der Waals surface area contributed by atoms with Crippen molar-refractivity contribution < 1.29 is 4.92 Å². The zero-order valence-electron chi connectivity index (χ0n) is 7.30. The minimum Gasteiger partial charge on any atom is -0.265 e. The van der Waals surface area contributed by atoms with Gasteiger partial charge in [-0.1, -0.05) is 54.6 Å². The molecular weight excluding hydrogens is 236 g/mol. The third-order valence-electron chi connectivity index (χ3n) is 1.74. The molecule has 0 aromatic carbocycles. The summed E-state index contributed by atoms with van der Waals surface area (Å²) in [4.78, 5) is 9.81. The van der Waals surface area contributed by atoms with Crippen LogP contribution in [-0.2, 0) is 0 Å². The van der Waals surface area contributed by atoms with Crippen LogP contribution >= 0.6 is 34.8 Å². The molecular formula is C7H12Cl3NO2. The van der Waals surface area contributed by atoms with Crippen molar-refractivity contribution in [3.05, 3.63) is 10.1 Å². The van der Waals surface area contributed by atoms with Gasteiger partial charge in [0.1, 0.15) is 0 Å². The predicted octanol–water partition coefficient (Wildman–Crippen LogP) is 3.44. The lowest BCUT2D eigenvalue weighted by Gasteiger charge is -2.20. The van der Waals surface area contributed by atoms with E-state index in [4.69, 9.17) is 34.8 Å². The van der Waals surface area contributed by atoms with Gasteiger partial charge in [-0.15, -0.1) is 0 Å². The van der Waals surface area contributed by atoms with Crippen molar-refractivity contribution in [3.63, 3.8) is 0 Å². The van der Waals surface area contributed by atoms with Crippen LogP contribution in [0.5, 0.6) is 0 Å². The first-order valence-corrected chi connectivity index (χ1v) is 5.19. The van der Waals surface area contributed by atoms with Crippen LogP contribution in [0.15, 0.2) is 0 Å². The molecule has 0 spiro atoms. The van der Waals surface area contributed by atoms with E-state index in [0.717, 1.165) is 12.8 Å². The monoisotopic (exact) mass is 247 g/mol. The standard InChI is InChI=1S/C7H12Cl3NO2/c1-2-3-4-6(5-11(12)13)7(8,9)10/h6H,2-5H2,1H3/t6-/m1/s1. The first-order chi connectivity index (χ1) is 5.88. The number of nitro groups is 1. The summed E-state index contributed by atoms with van der Waals surface area (Å²) >= 11 is 16.8. The molecule has 0 rings (SSSR count). The van der Waals surface area contributed by atoms with E-state index in [9.17, 15) is 10.1 Å². The first-order valence-electron chi connectivity index (χ1n) is 4.06. The largest absolute Gasteiger partial charge is 0.265 e. The highest BCUT2D eigenvalue weighted by molar-refractivity contribution is 6.67. The normalized spacial score (nSPS) is 14.2. The van der Waals surface area contributed by atoms with Gasteiger partial charge in [-0.05, 0) is 6.42 Å². The molecule has 3 nitrogen and oxygen atoms in total. The van der Waals surface area contributed by atoms with Crippen molar-refractivity contribution in [2.45, 2.75) is 30.0 Å². The van der Waals surface area contributed by atoms with Gasteiger partial charge in [0.2, 0.25) is 6.54 Å². The van der Waals surface area contributed by atoms with Gasteiger partial charge in [0.05, 0.1) is 5.92 Å². The minimum atomic E-state index is -1.53. The summed E-state index contributed by atoms with van der Waals surface area (Å²) in [6.07, 6.45) is 2.36. The number of hydrogen-bond donors (Lipinski definition) is 0. The molecule has 0 aliphatic heterocycles. The number of hydrogen-bond acceptors (Lipinski definition) is 2. The molecule has 0 aromatic heterocycles. The van der Waals surface area contributed by atoms with Crippen LogP contribution in [0.1, 0.15) is 26.2 Å². The molecule has 1 atom stereocenters. The zero-order chi connectivity index (χ0) is 10.5. The molecule has 0 unspecified atom stereocenters. The van der Waals surface area contributed by atoms with E-state index in [1.165, 1.54) is 0 Å². The maximum absolute atomic E-state index is 10.2. The molecule has 0 saturated carbocycles. The van der Waals surface area contributed by atoms with E-state index in [1.807, 2.05) is 6.92 Å². The molecule has 0 aromatic rings. The Balaban J connectivity index is 4.11. The summed E-state index contributed by atoms with van der Waals surface area (Å²) < 4.78 is -1.53. The third kappa shape index (κ3) is 6.36. The lowest BCUT2D eigenvalue weighted by molar-refractivity contribution is -0.488. The van der Waals surface area contributed by atoms with Crippen LogP contribution in [0, 0.1) is 16.0 Å². The molecule has 6 heteroatoms. The van der Waals surface area contributed by atoms with E-state index in [-0.39, 0.29) is 6.54 Å². The summed E-state index contributed by atoms with van der Waals surface area (Å²) in [5, 5.41) is 10.2. The van der Waals surface area contributed by atoms with Gasteiger partial charge in [0.15, 0.2) is 3.79 Å². The summed E-state index contributed by atoms with van der Waals surface area (Å²) in [5.41, 5.74) is 0. The number of unbranched alkanes of at least 4 members (excludes halogenated alkanes) is 1. The topological polar surface area (TPSA) is 43.1 Å². The Bertz CT molecular complexity index is 170. The van der Waals surface area contributed by atoms with Gasteiger partial charge >= 0.3 is 0 Å². The van der Waals surface area contributed by atoms with E-state index in [2.05, 4.69) is 0 Å². The number of rotatable bonds is 5. The fourth-order valence-electron chi connectivity index (χ4n) is 0.989. The molecule has 0 fully saturated rings. The van der Waals surface area contributed by atoms with Crippen LogP contribution < -0.4 is 0 Å². The Hall–Kier alpha value is 0.270. The number of nitrogens with zero attached hydrogens (tertiary/aromatic N) is 1. The highest BCUT2D eigenvalue weighted by atomic mass is 35.6. The van der Waals surface area contributed by atoms with Crippen LogP contribution in [0.3, 0.4) is 0 Å². The van der Waals surface area contributed by atoms with Gasteiger partial charge in [-0.25, -0.2) is 0 Å². The number of halogens is 3. The van der Waals surface area contributed by atoms with Crippen LogP contribution in [0.2, 0.25) is 0 Å². The zero-order valence-corrected chi connectivity index (χ0v) is 9.57. The molecule has 0 aliphatic carbocycles. The Morgan fingerprint density at radius 3 is 2.31 bits per heavy atom. The number of alkyl halides is 3. The molecule has 0 N–H and O–H groups in total. The second-order valence-corrected chi connectivity index (χ2v) is 5.27. The fraction of sp³-hybridized carbons (Fsp3) is 1.00. The van der Waals surface area contributed by atoms with E-state index >= 15 is 0 Å². The van der Waals surface area contributed by atoms with Crippen molar-refractivity contribution in [2.24, 2.45) is 5.92 Å². The van der Waals surface area contributed by atoms with Gasteiger partial charge in [-0.2, -0.15) is 0 Å². The van der Waals surface area contributed by atoms with Gasteiger partial charge in [-0.3, -0.25) is 10.1 Å². The SMILES string of the molecule is CCCC[C@H](C[N+](=O)[O-])C(Cl)(Cl)Cl. The van der Waals surface area contributed by atoms with Crippen molar-refractivity contribution in [1.82, 2.24) is 0 Å². The van der Waals surface area contributed by atoms with Gasteiger partial charge in [0.25, 0.3) is 0 Å². The second-order valence-electron chi connectivity index (χ2n) is 2.90. The Kier molecular flexibility index (Phi) is 6.01. The molecule has 0 saturated heterocycles. The molecule has 78 valence electrons. The molecule has 0 heterocycles. The molecule has 0 radical (unpaired) electrons. The van der Waals surface area contributed by atoms with E-state index in [1.54, 1.807) is 0 Å². The van der Waals surface area contributed by atoms with Crippen LogP contribution in [0.4, 0.5) is 0 Å². The van der Waals surface area contributed by atoms with E-state index < -0.39 is 14.6 Å². The quantitative estimate of drug-likeness (QED) is 0.425. The van der Waals surface area contributed by atoms with Crippen molar-refractivity contribution >= 4 is 34.8 Å². The van der Waals surface area contributed by atoms with Crippen molar-refractivity contribution in [2.75, 3.05) is 6.54 Å². The Morgan fingerprint density at radius 1 is 1.46 bits per heavy atom. The average Bonchev–Trinajstić information content (AvgIpc) is 1.95. The summed E-state index contributed by atoms with van der Waals surface area (Å²) in [5.74, 6) is -0.493. The minimum absolute atomic E-state index is 0.281. The maximum Gasteiger partial charge on any atom is 0.210 e. The lowest BCUT2D eigenvalue weighted by atomic mass is 10.0. The summed E-state index contributed by atoms with van der Waals surface area (Å²) in [7, 11) is 0. The van der Waals surface area contributed by atoms with Crippen molar-refractivity contribution in [1.29, 1.82) is 0 Å². The smallest absolute Gasteiger partial charge is 0.210 e. The molecule has 0 amide bonds. The van der Waals surface area contributed by atoms with E-state index in [0.29, 0.717) is 6.42 Å². The average molecular weight is 249 g/mol. The van der Waals surface area contributed by atoms with Crippen LogP contribution in [0.25, 0.3) is 0 Å². The Labute approximate surface area is 92.5 Å². The van der Waals surface area contributed by atoms with Gasteiger partial charge in [0, 0.05) is 4.92 Å². The molecule has 13 heavy (non-hydrogen) atoms. The third-order valence-corrected chi connectivity index (χ3v) is 2.66. The van der Waals surface area contributed by atoms with Gasteiger partial charge < -0.3 is 0 Å². The highest BCUT2D eigenvalue weighted by Crippen LogP contribution is 2.37. The predicted molar refractivity (Wildman–Crippen MR) is 55.2 cm³/mol. The Morgan fingerprint density at radius 2 is 2.00 bits per heavy atom. The second kappa shape index (κ2) is 5.89. The highest BCUT2D eigenvalue weighted by Gasteiger charge is 2.35. The summed E-state index contributed by atoms with van der Waals surface area (Å²) in [6, 6.07) is 0. The molecule has 0 aliphatic rings. The molecule has 0 bridgehead atoms. The summed E-state index contributed by atoms with van der Waals surface area (Å²) in [6.45, 7) is 1.71. The van der Waals surface area contributed by atoms with Crippen molar-refractivity contribution in [3.8, 4) is 0 Å². The fourth-order valence-corrected chi connectivity index (χ4v) is 1.52. The van der Waals surface area contributed by atoms with Crippen LogP contribution in [-0.4, -0.2) is 15.3 Å². The lowest BCUT2D eigenvalue weighted by Crippen LogP contribution is -2.27. The maximum atomic E-state index is 10.2.